The van der Waals surface area contributed by atoms with Crippen molar-refractivity contribution in [2.45, 2.75) is 122 Å². The minimum Gasteiger partial charge on any atom is -0.469 e. The molecule has 0 radical (unpaired) electrons. The fourth-order valence-electron chi connectivity index (χ4n) is 10.2. The van der Waals surface area contributed by atoms with Crippen molar-refractivity contribution >= 4 is 41.4 Å². The van der Waals surface area contributed by atoms with Crippen LogP contribution in [0.2, 0.25) is 0 Å². The van der Waals surface area contributed by atoms with Gasteiger partial charge in [-0.25, -0.2) is 23.6 Å². The van der Waals surface area contributed by atoms with E-state index in [1.807, 2.05) is 17.4 Å². The molecule has 1 aromatic heterocycles. The van der Waals surface area contributed by atoms with E-state index in [1.54, 1.807) is 30.5 Å². The number of anilines is 1. The number of ketones is 1. The van der Waals surface area contributed by atoms with E-state index in [2.05, 4.69) is 36.5 Å². The average Bonchev–Trinajstić information content (AvgIpc) is 4.28. The van der Waals surface area contributed by atoms with Gasteiger partial charge in [0, 0.05) is 79.1 Å². The number of rotatable bonds is 21. The van der Waals surface area contributed by atoms with Gasteiger partial charge in [-0.15, -0.1) is 0 Å². The summed E-state index contributed by atoms with van der Waals surface area (Å²) in [4.78, 5) is 62.9. The second-order valence-corrected chi connectivity index (χ2v) is 22.2. The number of aliphatic hydroxyl groups is 1. The number of methoxy groups -OCH3 is 2. The summed E-state index contributed by atoms with van der Waals surface area (Å²) in [6.07, 6.45) is -11.0. The number of pyridine rings is 1. The van der Waals surface area contributed by atoms with Gasteiger partial charge in [-0.1, -0.05) is 37.8 Å². The molecule has 3 aliphatic heterocycles. The standard InChI is InChI=1S/C56H66F8N8O9/c1-53(2,55(59,60)61)41(23-47(75)78-5)51(76)69-71(27-40-42(57)20-36(21-43(40)58)50(66)81-49(65)34-14-15-34)28-45(74)35(22-44(73)48(68-52(77)79-6)54(3,4)56(62,63)64)19-32-10-7-31(8-11-32)9-12-33-13-18-46(67-24-33)70-25-37-16-17-38(26-70)72(37)39-29-80-30-39/h7-8,10-11,13,18,20-21,24,34-35,37-39,41,45,48,65-66,74H,14-17,19,22-23,25-30H2,1-6H3,(H,68,77)(H,69,76)/t35-,37?,38?,41-,45+,48-/m1/s1. The first-order valence-electron chi connectivity index (χ1n) is 26.3. The van der Waals surface area contributed by atoms with Crippen molar-refractivity contribution in [1.29, 1.82) is 10.8 Å². The van der Waals surface area contributed by atoms with Gasteiger partial charge in [0.15, 0.2) is 11.7 Å². The number of hydrazine groups is 1. The first-order valence-corrected chi connectivity index (χ1v) is 26.3. The minimum atomic E-state index is -5.14. The molecule has 17 nitrogen and oxygen atoms in total. The van der Waals surface area contributed by atoms with E-state index in [0.717, 1.165) is 59.2 Å². The molecule has 2 aromatic carbocycles. The number of Topliss-reactive ketones (excluding diaryl/α,β-unsaturated/α-hetero) is 1. The number of amides is 2. The highest BCUT2D eigenvalue weighted by molar-refractivity contribution is 6.00. The smallest absolute Gasteiger partial charge is 0.407 e. The Morgan fingerprint density at radius 1 is 0.827 bits per heavy atom. The third-order valence-corrected chi connectivity index (χ3v) is 15.8. The number of ether oxygens (including phenoxy) is 4. The van der Waals surface area contributed by atoms with Crippen molar-refractivity contribution in [3.63, 3.8) is 0 Å². The number of alkyl carbamates (subject to hydrolysis) is 1. The molecule has 2 bridgehead atoms. The predicted octanol–water partition coefficient (Wildman–Crippen LogP) is 7.63. The molecule has 81 heavy (non-hydrogen) atoms. The Bertz CT molecular complexity index is 2830. The normalized spacial score (nSPS) is 19.3. The molecule has 1 aliphatic carbocycles. The van der Waals surface area contributed by atoms with Gasteiger partial charge >= 0.3 is 24.4 Å². The van der Waals surface area contributed by atoms with Crippen LogP contribution in [0.1, 0.15) is 94.0 Å². The van der Waals surface area contributed by atoms with E-state index >= 15 is 8.78 Å². The van der Waals surface area contributed by atoms with Gasteiger partial charge in [0.05, 0.1) is 62.7 Å². The number of esters is 1. The maximum Gasteiger partial charge on any atom is 0.407 e. The number of carbonyl (C=O) groups excluding carboxylic acids is 4. The Hall–Kier alpha value is -6.75. The largest absolute Gasteiger partial charge is 0.469 e. The summed E-state index contributed by atoms with van der Waals surface area (Å²) in [5.74, 6) is -4.97. The summed E-state index contributed by atoms with van der Waals surface area (Å²) in [6, 6.07) is 10.4. The van der Waals surface area contributed by atoms with E-state index in [4.69, 9.17) is 25.3 Å². The van der Waals surface area contributed by atoms with Gasteiger partial charge in [-0.05, 0) is 93.8 Å². The topological polar surface area (TPSA) is 220 Å². The zero-order valence-corrected chi connectivity index (χ0v) is 45.5. The highest BCUT2D eigenvalue weighted by Gasteiger charge is 2.57. The number of nitrogens with zero attached hydrogens (tertiary/aromatic N) is 4. The number of aromatic nitrogens is 1. The van der Waals surface area contributed by atoms with Crippen LogP contribution in [0, 0.1) is 62.9 Å². The van der Waals surface area contributed by atoms with Crippen LogP contribution < -0.4 is 15.6 Å². The Labute approximate surface area is 463 Å². The molecule has 2 unspecified atom stereocenters. The highest BCUT2D eigenvalue weighted by atomic mass is 19.4. The monoisotopic (exact) mass is 1150 g/mol. The molecule has 5 N–H and O–H groups in total. The molecule has 25 heteroatoms. The second-order valence-electron chi connectivity index (χ2n) is 22.2. The Balaban J connectivity index is 1.17. The predicted molar refractivity (Wildman–Crippen MR) is 277 cm³/mol. The van der Waals surface area contributed by atoms with E-state index in [9.17, 15) is 50.6 Å². The number of fused-ring (bicyclic) bond motifs is 2. The molecule has 3 aromatic rings. The SMILES string of the molecule is COC(=O)C[C@H](C(=O)NN(Cc1c(F)cc(C(=N)OC(=N)C2CC2)cc1F)C[C@H](O)[C@@H](CC(=O)[C@@H](NC(=O)OC)C(C)(C)C(F)(F)F)Cc1ccc(C#Cc2ccc(N3CC4CCC(C3)N4C3COC3)nc2)cc1)C(C)(C)C(F)(F)F. The van der Waals surface area contributed by atoms with Gasteiger partial charge in [0.25, 0.3) is 0 Å². The van der Waals surface area contributed by atoms with Crippen molar-refractivity contribution in [3.05, 3.63) is 94.2 Å². The molecule has 2 amide bonds. The van der Waals surface area contributed by atoms with Crippen molar-refractivity contribution in [1.82, 2.24) is 25.6 Å². The lowest BCUT2D eigenvalue weighted by Crippen LogP contribution is -2.62. The van der Waals surface area contributed by atoms with Crippen LogP contribution >= 0.6 is 0 Å². The molecule has 6 atom stereocenters. The number of aliphatic hydroxyl groups excluding tert-OH is 1. The lowest BCUT2D eigenvalue weighted by molar-refractivity contribution is -0.231. The van der Waals surface area contributed by atoms with Crippen LogP contribution in [0.5, 0.6) is 0 Å². The lowest BCUT2D eigenvalue weighted by Gasteiger charge is -2.47. The Morgan fingerprint density at radius 2 is 1.42 bits per heavy atom. The number of piperazine rings is 1. The van der Waals surface area contributed by atoms with Crippen LogP contribution in [0.3, 0.4) is 0 Å². The van der Waals surface area contributed by atoms with Crippen molar-refractivity contribution in [2.75, 3.05) is 52.0 Å². The second kappa shape index (κ2) is 25.2. The van der Waals surface area contributed by atoms with Crippen molar-refractivity contribution in [3.8, 4) is 11.8 Å². The van der Waals surface area contributed by atoms with E-state index in [1.165, 1.54) is 0 Å². The third-order valence-electron chi connectivity index (χ3n) is 15.8. The fourth-order valence-corrected chi connectivity index (χ4v) is 10.2. The summed E-state index contributed by atoms with van der Waals surface area (Å²) in [5, 5.41) is 30.9. The molecule has 7 rings (SSSR count). The summed E-state index contributed by atoms with van der Waals surface area (Å²) in [5.41, 5.74) is -3.63. The summed E-state index contributed by atoms with van der Waals surface area (Å²) < 4.78 is 139. The first kappa shape index (κ1) is 61.9. The summed E-state index contributed by atoms with van der Waals surface area (Å²) in [6.45, 7) is 3.72. The number of alkyl halides is 6. The number of hydrogen-bond acceptors (Lipinski definition) is 15. The number of halogens is 8. The molecule has 0 spiro atoms. The van der Waals surface area contributed by atoms with Crippen LogP contribution in [0.15, 0.2) is 54.7 Å². The van der Waals surface area contributed by atoms with Crippen molar-refractivity contribution in [2.24, 2.45) is 28.6 Å². The minimum absolute atomic E-state index is 0.273. The number of carbonyl (C=O) groups is 4. The Morgan fingerprint density at radius 3 is 1.94 bits per heavy atom. The summed E-state index contributed by atoms with van der Waals surface area (Å²) >= 11 is 0. The van der Waals surface area contributed by atoms with Crippen LogP contribution in [-0.4, -0.2) is 145 Å². The van der Waals surface area contributed by atoms with Gasteiger partial charge in [-0.3, -0.25) is 35.5 Å². The van der Waals surface area contributed by atoms with Gasteiger partial charge in [-0.2, -0.15) is 26.3 Å². The molecule has 1 saturated carbocycles. The average molecular weight is 1150 g/mol. The maximum absolute atomic E-state index is 16.1. The first-order chi connectivity index (χ1) is 38.0. The third kappa shape index (κ3) is 14.8. The fraction of sp³-hybridized carbons (Fsp3) is 0.554. The highest BCUT2D eigenvalue weighted by Crippen LogP contribution is 2.46. The van der Waals surface area contributed by atoms with E-state index < -0.39 is 126 Å². The van der Waals surface area contributed by atoms with E-state index in [0.29, 0.717) is 92.5 Å². The Kier molecular flexibility index (Phi) is 19.2. The maximum atomic E-state index is 16.1. The number of hydrogen-bond donors (Lipinski definition) is 5. The van der Waals surface area contributed by atoms with Gasteiger partial charge in [0.1, 0.15) is 23.5 Å². The molecular weight excluding hydrogens is 1080 g/mol. The van der Waals surface area contributed by atoms with Gasteiger partial charge in [0.2, 0.25) is 11.8 Å². The van der Waals surface area contributed by atoms with Crippen LogP contribution in [-0.2, 0) is 46.3 Å². The van der Waals surface area contributed by atoms with Crippen molar-refractivity contribution < 1.29 is 78.4 Å². The van der Waals surface area contributed by atoms with Gasteiger partial charge < -0.3 is 34.3 Å². The van der Waals surface area contributed by atoms with E-state index in [-0.39, 0.29) is 18.2 Å². The molecule has 4 heterocycles. The van der Waals surface area contributed by atoms with Crippen LogP contribution in [0.25, 0.3) is 0 Å². The molecular formula is C56H66F8N8O9. The molecule has 4 aliphatic rings. The number of nitrogens with one attached hydrogen (secondary N) is 4. The zero-order chi connectivity index (χ0) is 59.4. The lowest BCUT2D eigenvalue weighted by atomic mass is 9.75. The zero-order valence-electron chi connectivity index (χ0n) is 45.5. The van der Waals surface area contributed by atoms with Crippen LogP contribution in [0.4, 0.5) is 45.7 Å². The molecule has 4 fully saturated rings. The summed E-state index contributed by atoms with van der Waals surface area (Å²) in [7, 11) is 1.73. The number of benzene rings is 2. The molecule has 440 valence electrons. The quantitative estimate of drug-likeness (QED) is 0.0173. The molecule has 3 saturated heterocycles.